The lowest BCUT2D eigenvalue weighted by atomic mass is 9.96. The molecule has 2 nitrogen and oxygen atoms in total. The minimum Gasteiger partial charge on any atom is -0.315 e. The van der Waals surface area contributed by atoms with Crippen molar-refractivity contribution < 1.29 is 0 Å². The van der Waals surface area contributed by atoms with E-state index in [-0.39, 0.29) is 6.04 Å². The van der Waals surface area contributed by atoms with Crippen molar-refractivity contribution in [1.82, 2.24) is 10.2 Å². The number of hydrogen-bond acceptors (Lipinski definition) is 3. The molecule has 0 spiro atoms. The minimum absolute atomic E-state index is 0.131. The zero-order valence-electron chi connectivity index (χ0n) is 13.8. The summed E-state index contributed by atoms with van der Waals surface area (Å²) in [6, 6.07) is 14.9. The Morgan fingerprint density at radius 2 is 1.83 bits per heavy atom. The largest absolute Gasteiger partial charge is 0.315 e. The van der Waals surface area contributed by atoms with Gasteiger partial charge in [0.1, 0.15) is 0 Å². The molecule has 0 radical (unpaired) electrons. The van der Waals surface area contributed by atoms with Crippen molar-refractivity contribution in [3.63, 3.8) is 0 Å². The normalized spacial score (nSPS) is 17.5. The van der Waals surface area contributed by atoms with Crippen LogP contribution in [0.4, 0.5) is 0 Å². The SMILES string of the molecule is CSc1ccc(C(c2cccc(Cl)c2Cl)N2CCCNCC2)cc1. The Labute approximate surface area is 158 Å². The second-order valence-electron chi connectivity index (χ2n) is 5.96. The highest BCUT2D eigenvalue weighted by Crippen LogP contribution is 2.37. The van der Waals surface area contributed by atoms with Crippen molar-refractivity contribution in [3.05, 3.63) is 63.6 Å². The van der Waals surface area contributed by atoms with Gasteiger partial charge in [-0.05, 0) is 48.5 Å². The zero-order valence-corrected chi connectivity index (χ0v) is 16.1. The Morgan fingerprint density at radius 1 is 1.04 bits per heavy atom. The molecule has 2 aromatic carbocycles. The molecule has 1 unspecified atom stereocenters. The fourth-order valence-electron chi connectivity index (χ4n) is 3.23. The molecule has 1 heterocycles. The van der Waals surface area contributed by atoms with Gasteiger partial charge in [-0.25, -0.2) is 0 Å². The van der Waals surface area contributed by atoms with Gasteiger partial charge in [0.2, 0.25) is 0 Å². The van der Waals surface area contributed by atoms with E-state index in [4.69, 9.17) is 23.2 Å². The van der Waals surface area contributed by atoms with Crippen molar-refractivity contribution >= 4 is 35.0 Å². The molecule has 0 saturated carbocycles. The van der Waals surface area contributed by atoms with Crippen LogP contribution in [0.1, 0.15) is 23.6 Å². The predicted molar refractivity (Wildman–Crippen MR) is 106 cm³/mol. The maximum absolute atomic E-state index is 6.58. The van der Waals surface area contributed by atoms with Crippen LogP contribution < -0.4 is 5.32 Å². The number of nitrogens with zero attached hydrogens (tertiary/aromatic N) is 1. The summed E-state index contributed by atoms with van der Waals surface area (Å²) in [5, 5.41) is 4.76. The van der Waals surface area contributed by atoms with Gasteiger partial charge in [0.15, 0.2) is 0 Å². The molecule has 0 aromatic heterocycles. The molecule has 2 aromatic rings. The molecule has 3 rings (SSSR count). The number of benzene rings is 2. The third-order valence-corrected chi connectivity index (χ3v) is 6.02. The predicted octanol–water partition coefficient (Wildman–Crippen LogP) is 5.10. The van der Waals surface area contributed by atoms with Crippen molar-refractivity contribution in [2.45, 2.75) is 17.4 Å². The Kier molecular flexibility index (Phi) is 6.48. The molecular formula is C19H22Cl2N2S. The second-order valence-corrected chi connectivity index (χ2v) is 7.62. The van der Waals surface area contributed by atoms with E-state index in [0.717, 1.165) is 38.2 Å². The molecule has 128 valence electrons. The molecule has 1 aliphatic heterocycles. The Bertz CT molecular complexity index is 668. The number of nitrogens with one attached hydrogen (secondary N) is 1. The topological polar surface area (TPSA) is 15.3 Å². The van der Waals surface area contributed by atoms with E-state index in [1.54, 1.807) is 11.8 Å². The van der Waals surface area contributed by atoms with Crippen molar-refractivity contribution in [2.24, 2.45) is 0 Å². The molecular weight excluding hydrogens is 359 g/mol. The van der Waals surface area contributed by atoms with E-state index in [2.05, 4.69) is 46.8 Å². The number of hydrogen-bond donors (Lipinski definition) is 1. The van der Waals surface area contributed by atoms with E-state index in [0.29, 0.717) is 10.0 Å². The van der Waals surface area contributed by atoms with E-state index < -0.39 is 0 Å². The van der Waals surface area contributed by atoms with E-state index in [9.17, 15) is 0 Å². The van der Waals surface area contributed by atoms with Gasteiger partial charge in [-0.2, -0.15) is 0 Å². The highest BCUT2D eigenvalue weighted by Gasteiger charge is 2.25. The standard InChI is InChI=1S/C19H22Cl2N2S/c1-24-15-8-6-14(7-9-15)19(23-12-3-10-22-11-13-23)16-4-2-5-17(20)18(16)21/h2,4-9,19,22H,3,10-13H2,1H3. The average molecular weight is 381 g/mol. The van der Waals surface area contributed by atoms with Gasteiger partial charge in [0.05, 0.1) is 16.1 Å². The van der Waals surface area contributed by atoms with Crippen LogP contribution in [-0.4, -0.2) is 37.3 Å². The summed E-state index contributed by atoms with van der Waals surface area (Å²) in [6.45, 7) is 4.11. The average Bonchev–Trinajstić information content (AvgIpc) is 2.89. The Balaban J connectivity index is 2.03. The monoisotopic (exact) mass is 380 g/mol. The van der Waals surface area contributed by atoms with Gasteiger partial charge < -0.3 is 5.32 Å². The lowest BCUT2D eigenvalue weighted by Crippen LogP contribution is -2.33. The molecule has 24 heavy (non-hydrogen) atoms. The van der Waals surface area contributed by atoms with E-state index >= 15 is 0 Å². The first kappa shape index (κ1) is 18.1. The summed E-state index contributed by atoms with van der Waals surface area (Å²) in [5.41, 5.74) is 2.35. The quantitative estimate of drug-likeness (QED) is 0.742. The second kappa shape index (κ2) is 8.59. The Morgan fingerprint density at radius 3 is 2.58 bits per heavy atom. The summed E-state index contributed by atoms with van der Waals surface area (Å²) in [4.78, 5) is 3.78. The summed E-state index contributed by atoms with van der Waals surface area (Å²) < 4.78 is 0. The molecule has 1 atom stereocenters. The fourth-order valence-corrected chi connectivity index (χ4v) is 4.05. The summed E-state index contributed by atoms with van der Waals surface area (Å²) in [6.07, 6.45) is 3.23. The molecule has 1 N–H and O–H groups in total. The van der Waals surface area contributed by atoms with Crippen molar-refractivity contribution in [1.29, 1.82) is 0 Å². The van der Waals surface area contributed by atoms with Crippen molar-refractivity contribution in [3.8, 4) is 0 Å². The lowest BCUT2D eigenvalue weighted by Gasteiger charge is -2.32. The van der Waals surface area contributed by atoms with Gasteiger partial charge >= 0.3 is 0 Å². The maximum Gasteiger partial charge on any atom is 0.0643 e. The third-order valence-electron chi connectivity index (χ3n) is 4.45. The van der Waals surface area contributed by atoms with Crippen LogP contribution in [0.3, 0.4) is 0 Å². The lowest BCUT2D eigenvalue weighted by molar-refractivity contribution is 0.241. The zero-order chi connectivity index (χ0) is 16.9. The van der Waals surface area contributed by atoms with E-state index in [1.165, 1.54) is 10.5 Å². The fraction of sp³-hybridized carbons (Fsp3) is 0.368. The van der Waals surface area contributed by atoms with Gasteiger partial charge in [0.25, 0.3) is 0 Å². The number of halogens is 2. The Hall–Kier alpha value is -0.710. The highest BCUT2D eigenvalue weighted by molar-refractivity contribution is 7.98. The van der Waals surface area contributed by atoms with Crippen LogP contribution in [0.5, 0.6) is 0 Å². The van der Waals surface area contributed by atoms with Crippen molar-refractivity contribution in [2.75, 3.05) is 32.4 Å². The maximum atomic E-state index is 6.58. The summed E-state index contributed by atoms with van der Waals surface area (Å²) >= 11 is 14.6. The van der Waals surface area contributed by atoms with Crippen LogP contribution in [-0.2, 0) is 0 Å². The van der Waals surface area contributed by atoms with E-state index in [1.807, 2.05) is 12.1 Å². The molecule has 0 bridgehead atoms. The molecule has 0 amide bonds. The van der Waals surface area contributed by atoms with Crippen LogP contribution in [0.2, 0.25) is 10.0 Å². The third kappa shape index (κ3) is 4.09. The van der Waals surface area contributed by atoms with Gasteiger partial charge in [-0.15, -0.1) is 11.8 Å². The first-order chi connectivity index (χ1) is 11.7. The van der Waals surface area contributed by atoms with Crippen LogP contribution in [0.25, 0.3) is 0 Å². The van der Waals surface area contributed by atoms with Gasteiger partial charge in [0, 0.05) is 24.5 Å². The molecule has 1 aliphatic rings. The number of thioether (sulfide) groups is 1. The molecule has 0 aliphatic carbocycles. The highest BCUT2D eigenvalue weighted by atomic mass is 35.5. The van der Waals surface area contributed by atoms with Crippen LogP contribution in [0, 0.1) is 0 Å². The number of rotatable bonds is 4. The summed E-state index contributed by atoms with van der Waals surface area (Å²) in [7, 11) is 0. The minimum atomic E-state index is 0.131. The molecule has 5 heteroatoms. The van der Waals surface area contributed by atoms with Crippen LogP contribution in [0.15, 0.2) is 47.4 Å². The van der Waals surface area contributed by atoms with Gasteiger partial charge in [-0.1, -0.05) is 47.5 Å². The molecule has 1 fully saturated rings. The first-order valence-electron chi connectivity index (χ1n) is 8.23. The molecule has 1 saturated heterocycles. The first-order valence-corrected chi connectivity index (χ1v) is 10.2. The van der Waals surface area contributed by atoms with Crippen LogP contribution >= 0.6 is 35.0 Å². The smallest absolute Gasteiger partial charge is 0.0643 e. The summed E-state index contributed by atoms with van der Waals surface area (Å²) in [5.74, 6) is 0. The van der Waals surface area contributed by atoms with Gasteiger partial charge in [-0.3, -0.25) is 4.90 Å².